The summed E-state index contributed by atoms with van der Waals surface area (Å²) < 4.78 is 2.35. The number of para-hydroxylation sites is 3. The summed E-state index contributed by atoms with van der Waals surface area (Å²) in [5.41, 5.74) is 6.84. The van der Waals surface area contributed by atoms with Crippen molar-refractivity contribution in [3.8, 4) is 5.69 Å². The second kappa shape index (κ2) is 7.44. The van der Waals surface area contributed by atoms with Gasteiger partial charge in [-0.2, -0.15) is 0 Å². The van der Waals surface area contributed by atoms with Crippen molar-refractivity contribution >= 4 is 50.0 Å². The maximum atomic E-state index is 4.13. The molecule has 152 valence electrons. The van der Waals surface area contributed by atoms with Crippen LogP contribution in [0.5, 0.6) is 0 Å². The van der Waals surface area contributed by atoms with E-state index in [9.17, 15) is 0 Å². The van der Waals surface area contributed by atoms with Crippen LogP contribution in [0.1, 0.15) is 5.56 Å². The minimum Gasteiger partial charge on any atom is -0.355 e. The van der Waals surface area contributed by atoms with Crippen molar-refractivity contribution in [2.24, 2.45) is 0 Å². The molecule has 0 bridgehead atoms. The number of rotatable bonds is 4. The molecule has 5 aromatic carbocycles. The molecule has 0 aliphatic rings. The van der Waals surface area contributed by atoms with Gasteiger partial charge < -0.3 is 9.88 Å². The van der Waals surface area contributed by atoms with Crippen molar-refractivity contribution in [2.75, 3.05) is 5.32 Å². The van der Waals surface area contributed by atoms with Crippen molar-refractivity contribution in [1.29, 1.82) is 0 Å². The van der Waals surface area contributed by atoms with E-state index in [2.05, 4.69) is 107 Å². The van der Waals surface area contributed by atoms with E-state index in [1.165, 1.54) is 38.3 Å². The number of hydrogen-bond acceptors (Lipinski definition) is 1. The highest BCUT2D eigenvalue weighted by Crippen LogP contribution is 2.37. The first-order valence-corrected chi connectivity index (χ1v) is 10.8. The molecule has 1 heterocycles. The molecule has 32 heavy (non-hydrogen) atoms. The van der Waals surface area contributed by atoms with Gasteiger partial charge in [-0.15, -0.1) is 0 Å². The molecule has 0 amide bonds. The Morgan fingerprint density at radius 2 is 1.34 bits per heavy atom. The van der Waals surface area contributed by atoms with Crippen LogP contribution in [0.15, 0.2) is 116 Å². The van der Waals surface area contributed by atoms with Gasteiger partial charge in [-0.25, -0.2) is 0 Å². The van der Waals surface area contributed by atoms with Crippen molar-refractivity contribution < 1.29 is 0 Å². The highest BCUT2D eigenvalue weighted by atomic mass is 15.0. The Morgan fingerprint density at radius 1 is 0.625 bits per heavy atom. The molecule has 1 aromatic heterocycles. The number of anilines is 2. The number of nitrogens with zero attached hydrogens (tertiary/aromatic N) is 1. The van der Waals surface area contributed by atoms with Crippen LogP contribution < -0.4 is 5.32 Å². The maximum Gasteiger partial charge on any atom is 0.0547 e. The smallest absolute Gasteiger partial charge is 0.0547 e. The van der Waals surface area contributed by atoms with E-state index in [-0.39, 0.29) is 0 Å². The predicted octanol–water partition coefficient (Wildman–Crippen LogP) is 8.32. The SMILES string of the molecule is C=Cc1c(Nc2ccccc2)ccc2cc3c(cc12)c1ccccc1n3-c1ccccc1. The summed E-state index contributed by atoms with van der Waals surface area (Å²) in [5, 5.41) is 8.46. The van der Waals surface area contributed by atoms with E-state index >= 15 is 0 Å². The fraction of sp³-hybridized carbons (Fsp3) is 0. The molecule has 2 nitrogen and oxygen atoms in total. The summed E-state index contributed by atoms with van der Waals surface area (Å²) in [4.78, 5) is 0. The average molecular weight is 411 g/mol. The zero-order chi connectivity index (χ0) is 21.5. The lowest BCUT2D eigenvalue weighted by atomic mass is 9.99. The Labute approximate surface area is 187 Å². The standard InChI is InChI=1S/C30H22N2/c1-2-24-26-20-27-25-15-9-10-16-29(25)32(23-13-7-4-8-14-23)30(27)19-21(26)17-18-28(24)31-22-11-5-3-6-12-22/h2-20,31H,1H2. The van der Waals surface area contributed by atoms with Crippen LogP contribution in [0, 0.1) is 0 Å². The van der Waals surface area contributed by atoms with E-state index in [0.29, 0.717) is 0 Å². The molecule has 2 heteroatoms. The molecular formula is C30H22N2. The van der Waals surface area contributed by atoms with Crippen LogP contribution in [0.4, 0.5) is 11.4 Å². The Bertz CT molecular complexity index is 1590. The Morgan fingerprint density at radius 3 is 2.12 bits per heavy atom. The topological polar surface area (TPSA) is 17.0 Å². The number of nitrogens with one attached hydrogen (secondary N) is 1. The van der Waals surface area contributed by atoms with Crippen LogP contribution in [-0.2, 0) is 0 Å². The van der Waals surface area contributed by atoms with Crippen LogP contribution in [0.3, 0.4) is 0 Å². The van der Waals surface area contributed by atoms with Gasteiger partial charge in [0.1, 0.15) is 0 Å². The Kier molecular flexibility index (Phi) is 4.29. The molecule has 0 fully saturated rings. The van der Waals surface area contributed by atoms with E-state index in [1.54, 1.807) is 0 Å². The van der Waals surface area contributed by atoms with E-state index < -0.39 is 0 Å². The fourth-order valence-electron chi connectivity index (χ4n) is 4.67. The summed E-state index contributed by atoms with van der Waals surface area (Å²) in [6.45, 7) is 4.13. The highest BCUT2D eigenvalue weighted by molar-refractivity contribution is 6.15. The number of aromatic nitrogens is 1. The fourth-order valence-corrected chi connectivity index (χ4v) is 4.67. The van der Waals surface area contributed by atoms with Crippen molar-refractivity contribution in [1.82, 2.24) is 4.57 Å². The third kappa shape index (κ3) is 2.89. The van der Waals surface area contributed by atoms with E-state index in [1.807, 2.05) is 24.3 Å². The third-order valence-electron chi connectivity index (χ3n) is 6.13. The van der Waals surface area contributed by atoms with Crippen LogP contribution in [0.2, 0.25) is 0 Å². The molecule has 0 saturated carbocycles. The summed E-state index contributed by atoms with van der Waals surface area (Å²) in [7, 11) is 0. The summed E-state index contributed by atoms with van der Waals surface area (Å²) >= 11 is 0. The molecular weight excluding hydrogens is 388 g/mol. The van der Waals surface area contributed by atoms with Gasteiger partial charge in [0.25, 0.3) is 0 Å². The Balaban J connectivity index is 1.65. The molecule has 0 saturated heterocycles. The van der Waals surface area contributed by atoms with Crippen molar-refractivity contribution in [3.63, 3.8) is 0 Å². The number of benzene rings is 5. The molecule has 0 aliphatic heterocycles. The lowest BCUT2D eigenvalue weighted by Crippen LogP contribution is -1.95. The monoisotopic (exact) mass is 410 g/mol. The van der Waals surface area contributed by atoms with Gasteiger partial charge in [0.2, 0.25) is 0 Å². The molecule has 6 rings (SSSR count). The molecule has 0 aliphatic carbocycles. The highest BCUT2D eigenvalue weighted by Gasteiger charge is 2.14. The lowest BCUT2D eigenvalue weighted by molar-refractivity contribution is 1.18. The quantitative estimate of drug-likeness (QED) is 0.309. The molecule has 0 spiro atoms. The maximum absolute atomic E-state index is 4.13. The van der Waals surface area contributed by atoms with Gasteiger partial charge >= 0.3 is 0 Å². The second-order valence-electron chi connectivity index (χ2n) is 8.00. The van der Waals surface area contributed by atoms with E-state index in [4.69, 9.17) is 0 Å². The van der Waals surface area contributed by atoms with Gasteiger partial charge in [0.15, 0.2) is 0 Å². The first-order valence-electron chi connectivity index (χ1n) is 10.8. The second-order valence-corrected chi connectivity index (χ2v) is 8.00. The third-order valence-corrected chi connectivity index (χ3v) is 6.13. The van der Waals surface area contributed by atoms with Gasteiger partial charge in [-0.1, -0.05) is 73.3 Å². The van der Waals surface area contributed by atoms with E-state index in [0.717, 1.165) is 16.9 Å². The minimum atomic E-state index is 1.06. The molecule has 1 N–H and O–H groups in total. The zero-order valence-electron chi connectivity index (χ0n) is 17.6. The zero-order valence-corrected chi connectivity index (χ0v) is 17.6. The summed E-state index contributed by atoms with van der Waals surface area (Å²) in [5.74, 6) is 0. The number of hydrogen-bond donors (Lipinski definition) is 1. The van der Waals surface area contributed by atoms with Gasteiger partial charge in [-0.3, -0.25) is 0 Å². The first-order chi connectivity index (χ1) is 15.8. The number of fused-ring (bicyclic) bond motifs is 4. The van der Waals surface area contributed by atoms with Crippen molar-refractivity contribution in [3.05, 3.63) is 121 Å². The molecule has 0 radical (unpaired) electrons. The normalized spacial score (nSPS) is 11.2. The van der Waals surface area contributed by atoms with Crippen LogP contribution in [-0.4, -0.2) is 4.57 Å². The van der Waals surface area contributed by atoms with Gasteiger partial charge in [0, 0.05) is 33.4 Å². The van der Waals surface area contributed by atoms with Gasteiger partial charge in [-0.05, 0) is 59.3 Å². The molecule has 0 unspecified atom stereocenters. The van der Waals surface area contributed by atoms with Crippen LogP contribution >= 0.6 is 0 Å². The summed E-state index contributed by atoms with van der Waals surface area (Å²) in [6, 6.07) is 38.4. The average Bonchev–Trinajstić information content (AvgIpc) is 3.17. The largest absolute Gasteiger partial charge is 0.355 e. The lowest BCUT2D eigenvalue weighted by Gasteiger charge is -2.13. The summed E-state index contributed by atoms with van der Waals surface area (Å²) in [6.07, 6.45) is 1.95. The van der Waals surface area contributed by atoms with Gasteiger partial charge in [0.05, 0.1) is 11.0 Å². The Hall–Kier alpha value is -4.30. The minimum absolute atomic E-state index is 1.06. The molecule has 0 atom stereocenters. The molecule has 6 aromatic rings. The van der Waals surface area contributed by atoms with Crippen molar-refractivity contribution in [2.45, 2.75) is 0 Å². The van der Waals surface area contributed by atoms with Crippen LogP contribution in [0.25, 0.3) is 44.3 Å². The first kappa shape index (κ1) is 18.5. The predicted molar refractivity (Wildman–Crippen MR) is 138 cm³/mol.